The number of piperidine rings is 1. The van der Waals surface area contributed by atoms with Crippen molar-refractivity contribution in [3.63, 3.8) is 0 Å². The van der Waals surface area contributed by atoms with E-state index in [0.717, 1.165) is 6.42 Å². The van der Waals surface area contributed by atoms with Gasteiger partial charge >= 0.3 is 24.3 Å². The van der Waals surface area contributed by atoms with Gasteiger partial charge in [-0.1, -0.05) is 0 Å². The first-order valence-corrected chi connectivity index (χ1v) is 11.3. The highest BCUT2D eigenvalue weighted by Crippen LogP contribution is 2.34. The highest BCUT2D eigenvalue weighted by Gasteiger charge is 2.42. The number of carboxylic acids is 2. The second kappa shape index (κ2) is 13.7. The van der Waals surface area contributed by atoms with Crippen LogP contribution >= 0.6 is 0 Å². The summed E-state index contributed by atoms with van der Waals surface area (Å²) in [5.41, 5.74) is 1.11. The number of rotatable bonds is 4. The van der Waals surface area contributed by atoms with Crippen LogP contribution in [0.15, 0.2) is 36.8 Å². The van der Waals surface area contributed by atoms with Crippen LogP contribution in [0.1, 0.15) is 27.3 Å². The predicted octanol–water partition coefficient (Wildman–Crippen LogP) is 1.98. The number of aliphatic carboxylic acids is 2. The summed E-state index contributed by atoms with van der Waals surface area (Å²) in [5.74, 6) is -4.99. The van der Waals surface area contributed by atoms with Gasteiger partial charge in [-0.05, 0) is 30.5 Å². The van der Waals surface area contributed by atoms with Crippen molar-refractivity contribution in [3.05, 3.63) is 48.0 Å². The summed E-state index contributed by atoms with van der Waals surface area (Å²) in [6.45, 7) is 2.47. The lowest BCUT2D eigenvalue weighted by atomic mass is 9.84. The van der Waals surface area contributed by atoms with E-state index in [1.54, 1.807) is 36.8 Å². The Bertz CT molecular complexity index is 1120. The van der Waals surface area contributed by atoms with Crippen LogP contribution in [0, 0.1) is 11.8 Å². The molecule has 18 heteroatoms. The van der Waals surface area contributed by atoms with Gasteiger partial charge in [0.15, 0.2) is 0 Å². The number of carbonyl (C=O) groups excluding carboxylic acids is 2. The molecule has 0 spiro atoms. The summed E-state index contributed by atoms with van der Waals surface area (Å²) < 4.78 is 69.4. The summed E-state index contributed by atoms with van der Waals surface area (Å²) in [7, 11) is 0. The molecule has 2 saturated heterocycles. The molecule has 4 N–H and O–H groups in total. The van der Waals surface area contributed by atoms with Crippen molar-refractivity contribution in [1.82, 2.24) is 25.4 Å². The zero-order valence-corrected chi connectivity index (χ0v) is 20.3. The monoisotopic (exact) mass is 583 g/mol. The average molecular weight is 583 g/mol. The molecule has 4 rings (SSSR count). The van der Waals surface area contributed by atoms with Crippen molar-refractivity contribution in [2.45, 2.75) is 24.9 Å². The van der Waals surface area contributed by atoms with E-state index < -0.39 is 24.3 Å². The molecule has 2 aromatic rings. The van der Waals surface area contributed by atoms with E-state index >= 15 is 0 Å². The van der Waals surface area contributed by atoms with Gasteiger partial charge in [0.05, 0.1) is 12.7 Å². The zero-order valence-electron chi connectivity index (χ0n) is 20.3. The Labute approximate surface area is 221 Å². The first-order chi connectivity index (χ1) is 18.6. The molecule has 2 aromatic heterocycles. The number of alkyl halides is 6. The number of H-pyrrole nitrogens is 1. The summed E-state index contributed by atoms with van der Waals surface area (Å²) in [6.07, 6.45) is -4.51. The number of ether oxygens (including phenoxy) is 1. The quantitative estimate of drug-likeness (QED) is 0.392. The Hall–Kier alpha value is -4.22. The number of pyridine rings is 1. The summed E-state index contributed by atoms with van der Waals surface area (Å²) in [4.78, 5) is 48.2. The molecule has 0 radical (unpaired) electrons. The number of aromatic nitrogens is 3. The fourth-order valence-corrected chi connectivity index (χ4v) is 3.83. The van der Waals surface area contributed by atoms with Crippen molar-refractivity contribution >= 4 is 23.8 Å². The number of nitrogens with zero attached hydrogens (tertiary/aromatic N) is 3. The van der Waals surface area contributed by atoms with Crippen molar-refractivity contribution in [3.8, 4) is 0 Å². The molecule has 0 unspecified atom stereocenters. The van der Waals surface area contributed by atoms with Gasteiger partial charge in [-0.15, -0.1) is 0 Å². The van der Waals surface area contributed by atoms with E-state index in [0.29, 0.717) is 49.3 Å². The minimum Gasteiger partial charge on any atom is -0.475 e. The molecule has 0 saturated carbocycles. The third-order valence-corrected chi connectivity index (χ3v) is 5.70. The standard InChI is InChI=1S/C18H21N5O3.2C2HF3O2/c24-17(12-1-5-19-6-2-12)20-9-16-14-4-8-23(10-13(14)11-26-16)18(25)15-3-7-21-22-15;2*3-2(4,5)1(6)7/h1-3,5-7,13-14,16H,4,8-11H2,(H,20,24)(H,21,22);2*(H,6,7)/t13-,14-,16-;;/m0../s1. The molecular weight excluding hydrogens is 560 g/mol. The van der Waals surface area contributed by atoms with Gasteiger partial charge in [-0.25, -0.2) is 9.59 Å². The Morgan fingerprint density at radius 2 is 1.57 bits per heavy atom. The van der Waals surface area contributed by atoms with Crippen molar-refractivity contribution in [2.75, 3.05) is 26.2 Å². The average Bonchev–Trinajstić information content (AvgIpc) is 3.57. The van der Waals surface area contributed by atoms with Crippen LogP contribution in [0.25, 0.3) is 0 Å². The van der Waals surface area contributed by atoms with Crippen molar-refractivity contribution in [1.29, 1.82) is 0 Å². The number of nitrogens with one attached hydrogen (secondary N) is 2. The summed E-state index contributed by atoms with van der Waals surface area (Å²) >= 11 is 0. The smallest absolute Gasteiger partial charge is 0.475 e. The number of carbonyl (C=O) groups is 4. The maximum Gasteiger partial charge on any atom is 0.490 e. The van der Waals surface area contributed by atoms with Crippen LogP contribution in [0.3, 0.4) is 0 Å². The second-order valence-corrected chi connectivity index (χ2v) is 8.36. The molecule has 12 nitrogen and oxygen atoms in total. The summed E-state index contributed by atoms with van der Waals surface area (Å²) in [6, 6.07) is 5.07. The minimum absolute atomic E-state index is 0.00445. The number of carboxylic acid groups (broad SMARTS) is 2. The van der Waals surface area contributed by atoms with E-state index in [4.69, 9.17) is 24.5 Å². The Morgan fingerprint density at radius 1 is 1.00 bits per heavy atom. The maximum atomic E-state index is 12.5. The molecule has 2 amide bonds. The minimum atomic E-state index is -5.08. The molecule has 0 aromatic carbocycles. The molecule has 3 atom stereocenters. The Kier molecular flexibility index (Phi) is 11.0. The van der Waals surface area contributed by atoms with Gasteiger partial charge in [-0.3, -0.25) is 19.7 Å². The van der Waals surface area contributed by atoms with E-state index in [-0.39, 0.29) is 17.9 Å². The van der Waals surface area contributed by atoms with Crippen LogP contribution in [0.2, 0.25) is 0 Å². The number of fused-ring (bicyclic) bond motifs is 1. The highest BCUT2D eigenvalue weighted by atomic mass is 19.4. The zero-order chi connectivity index (χ0) is 30.1. The van der Waals surface area contributed by atoms with Crippen LogP contribution < -0.4 is 5.32 Å². The second-order valence-electron chi connectivity index (χ2n) is 8.36. The molecule has 2 fully saturated rings. The fraction of sp³-hybridized carbons (Fsp3) is 0.455. The van der Waals surface area contributed by atoms with E-state index in [2.05, 4.69) is 20.5 Å². The molecule has 2 aliphatic heterocycles. The van der Waals surface area contributed by atoms with Gasteiger partial charge in [0.1, 0.15) is 5.69 Å². The van der Waals surface area contributed by atoms with Gasteiger partial charge < -0.3 is 25.2 Å². The molecule has 4 heterocycles. The van der Waals surface area contributed by atoms with Crippen LogP contribution in [-0.2, 0) is 14.3 Å². The lowest BCUT2D eigenvalue weighted by Crippen LogP contribution is -2.46. The van der Waals surface area contributed by atoms with Crippen molar-refractivity contribution in [2.24, 2.45) is 11.8 Å². The van der Waals surface area contributed by atoms with Gasteiger partial charge in [0, 0.05) is 49.7 Å². The molecule has 0 bridgehead atoms. The van der Waals surface area contributed by atoms with E-state index in [1.165, 1.54) is 0 Å². The molecule has 0 aliphatic carbocycles. The van der Waals surface area contributed by atoms with Crippen molar-refractivity contribution < 1.29 is 60.5 Å². The topological polar surface area (TPSA) is 175 Å². The van der Waals surface area contributed by atoms with E-state index in [9.17, 15) is 35.9 Å². The number of amides is 2. The number of likely N-dealkylation sites (tertiary alicyclic amines) is 1. The first-order valence-electron chi connectivity index (χ1n) is 11.3. The Morgan fingerprint density at radius 3 is 2.08 bits per heavy atom. The third-order valence-electron chi connectivity index (χ3n) is 5.70. The first kappa shape index (κ1) is 32.0. The molecule has 2 aliphatic rings. The molecule has 220 valence electrons. The van der Waals surface area contributed by atoms with Gasteiger partial charge in [-0.2, -0.15) is 31.4 Å². The summed E-state index contributed by atoms with van der Waals surface area (Å²) in [5, 5.41) is 23.8. The van der Waals surface area contributed by atoms with Crippen LogP contribution in [0.4, 0.5) is 26.3 Å². The highest BCUT2D eigenvalue weighted by molar-refractivity contribution is 5.94. The molecule has 40 heavy (non-hydrogen) atoms. The largest absolute Gasteiger partial charge is 0.490 e. The van der Waals surface area contributed by atoms with E-state index in [1.807, 2.05) is 4.90 Å². The van der Waals surface area contributed by atoms with Crippen LogP contribution in [0.5, 0.6) is 0 Å². The van der Waals surface area contributed by atoms with Gasteiger partial charge in [0.25, 0.3) is 11.8 Å². The van der Waals surface area contributed by atoms with Crippen LogP contribution in [-0.4, -0.2) is 98.7 Å². The third kappa shape index (κ3) is 9.51. The number of hydrogen-bond donors (Lipinski definition) is 4. The fourth-order valence-electron chi connectivity index (χ4n) is 3.83. The normalized spacial score (nSPS) is 20.1. The Balaban J connectivity index is 0.000000333. The lowest BCUT2D eigenvalue weighted by molar-refractivity contribution is -0.193. The number of hydrogen-bond acceptors (Lipinski definition) is 7. The number of halogens is 6. The maximum absolute atomic E-state index is 12.5. The SMILES string of the molecule is O=C(NC[C@@H]1OC[C@@H]2CN(C(=O)c3ccn[nH]3)CC[C@@H]21)c1ccncc1.O=C(O)C(F)(F)F.O=C(O)C(F)(F)F. The lowest BCUT2D eigenvalue weighted by Gasteiger charge is -2.35. The number of aromatic amines is 1. The predicted molar refractivity (Wildman–Crippen MR) is 120 cm³/mol. The molecular formula is C22H23F6N5O7. The van der Waals surface area contributed by atoms with Gasteiger partial charge in [0.2, 0.25) is 0 Å².